The van der Waals surface area contributed by atoms with Crippen molar-refractivity contribution in [1.29, 1.82) is 0 Å². The van der Waals surface area contributed by atoms with Gasteiger partial charge in [-0.3, -0.25) is 4.79 Å². The fourth-order valence-electron chi connectivity index (χ4n) is 1.18. The topological polar surface area (TPSA) is 26.3 Å². The summed E-state index contributed by atoms with van der Waals surface area (Å²) in [6.07, 6.45) is 0. The smallest absolute Gasteiger partial charge is 0.321 e. The molecule has 0 N–H and O–H groups in total. The molecule has 0 aliphatic heterocycles. The molecule has 0 spiro atoms. The summed E-state index contributed by atoms with van der Waals surface area (Å²) >= 11 is 0.945. The normalized spacial score (nSPS) is 11.4. The van der Waals surface area contributed by atoms with E-state index in [1.54, 1.807) is 20.8 Å². The largest absolute Gasteiger partial charge is 0.465 e. The van der Waals surface area contributed by atoms with E-state index >= 15 is 0 Å². The maximum absolute atomic E-state index is 13.4. The molecule has 0 aliphatic carbocycles. The van der Waals surface area contributed by atoms with Crippen molar-refractivity contribution < 1.29 is 18.3 Å². The van der Waals surface area contributed by atoms with Crippen molar-refractivity contribution in [1.82, 2.24) is 0 Å². The van der Waals surface area contributed by atoms with E-state index in [-0.39, 0.29) is 11.5 Å². The summed E-state index contributed by atoms with van der Waals surface area (Å²) in [6.45, 7) is 5.18. The quantitative estimate of drug-likeness (QED) is 0.613. The average Bonchev–Trinajstić information content (AvgIpc) is 2.23. The van der Waals surface area contributed by atoms with Gasteiger partial charge >= 0.3 is 5.97 Å². The molecule has 0 bridgehead atoms. The van der Waals surface area contributed by atoms with Crippen molar-refractivity contribution in [3.05, 3.63) is 29.8 Å². The van der Waals surface area contributed by atoms with Gasteiger partial charge in [0.1, 0.15) is 16.4 Å². The molecule has 0 aliphatic rings. The van der Waals surface area contributed by atoms with E-state index in [4.69, 9.17) is 4.74 Å². The maximum Gasteiger partial charge on any atom is 0.321 e. The molecule has 1 aromatic rings. The van der Waals surface area contributed by atoms with Crippen LogP contribution in [-0.4, -0.2) is 17.3 Å². The van der Waals surface area contributed by atoms with E-state index in [0.717, 1.165) is 30.0 Å². The fraction of sp³-hybridized carbons (Fsp3) is 0.417. The van der Waals surface area contributed by atoms with Gasteiger partial charge in [0, 0.05) is 4.90 Å². The first-order chi connectivity index (χ1) is 7.86. The molecule has 0 heterocycles. The number of carbonyl (C=O) groups excluding carboxylic acids is 1. The van der Waals surface area contributed by atoms with Crippen LogP contribution in [0.4, 0.5) is 8.78 Å². The monoisotopic (exact) mass is 260 g/mol. The van der Waals surface area contributed by atoms with E-state index in [2.05, 4.69) is 0 Å². The first-order valence-electron chi connectivity index (χ1n) is 5.18. The highest BCUT2D eigenvalue weighted by Gasteiger charge is 2.31. The molecule has 5 heteroatoms. The van der Waals surface area contributed by atoms with Gasteiger partial charge in [0.15, 0.2) is 0 Å². The van der Waals surface area contributed by atoms with E-state index in [1.807, 2.05) is 0 Å². The first kappa shape index (κ1) is 14.0. The Bertz CT molecular complexity index is 419. The Labute approximate surface area is 103 Å². The minimum absolute atomic E-state index is 0.100. The lowest BCUT2D eigenvalue weighted by Gasteiger charge is -2.21. The Hall–Kier alpha value is -1.10. The summed E-state index contributed by atoms with van der Waals surface area (Å²) in [4.78, 5) is 11.7. The molecule has 17 heavy (non-hydrogen) atoms. The second kappa shape index (κ2) is 5.49. The number of esters is 1. The van der Waals surface area contributed by atoms with E-state index in [0.29, 0.717) is 0 Å². The number of hydrogen-bond donors (Lipinski definition) is 0. The molecule has 0 atom stereocenters. The van der Waals surface area contributed by atoms with Gasteiger partial charge in [0.05, 0.1) is 6.61 Å². The minimum atomic E-state index is -0.954. The third-order valence-electron chi connectivity index (χ3n) is 2.03. The SMILES string of the molecule is CCOC(=O)C(C)(C)Sc1cc(F)ccc1F. The minimum Gasteiger partial charge on any atom is -0.465 e. The summed E-state index contributed by atoms with van der Waals surface area (Å²) in [5.41, 5.74) is 0. The molecule has 0 saturated heterocycles. The number of carbonyl (C=O) groups is 1. The molecule has 1 aromatic carbocycles. The molecule has 0 unspecified atom stereocenters. The highest BCUT2D eigenvalue weighted by Crippen LogP contribution is 2.35. The lowest BCUT2D eigenvalue weighted by Crippen LogP contribution is -2.30. The van der Waals surface area contributed by atoms with Crippen LogP contribution in [0.1, 0.15) is 20.8 Å². The van der Waals surface area contributed by atoms with Crippen LogP contribution in [0.15, 0.2) is 23.1 Å². The second-order valence-corrected chi connectivity index (χ2v) is 5.57. The standard InChI is InChI=1S/C12H14F2O2S/c1-4-16-11(15)12(2,3)17-10-7-8(13)5-6-9(10)14/h5-7H,4H2,1-3H3. The third-order valence-corrected chi connectivity index (χ3v) is 3.24. The average molecular weight is 260 g/mol. The van der Waals surface area contributed by atoms with Gasteiger partial charge in [0.25, 0.3) is 0 Å². The molecular formula is C12H14F2O2S. The Morgan fingerprint density at radius 3 is 2.65 bits per heavy atom. The molecular weight excluding hydrogens is 246 g/mol. The van der Waals surface area contributed by atoms with Gasteiger partial charge in [-0.05, 0) is 39.0 Å². The summed E-state index contributed by atoms with van der Waals surface area (Å²) in [6, 6.07) is 3.15. The zero-order valence-electron chi connectivity index (χ0n) is 9.92. The first-order valence-corrected chi connectivity index (χ1v) is 5.99. The van der Waals surface area contributed by atoms with Gasteiger partial charge < -0.3 is 4.74 Å². The van der Waals surface area contributed by atoms with Crippen LogP contribution in [0.2, 0.25) is 0 Å². The van der Waals surface area contributed by atoms with Crippen LogP contribution >= 0.6 is 11.8 Å². The predicted octanol–water partition coefficient (Wildman–Crippen LogP) is 3.40. The molecule has 94 valence electrons. The van der Waals surface area contributed by atoms with E-state index in [1.165, 1.54) is 0 Å². The zero-order valence-corrected chi connectivity index (χ0v) is 10.7. The lowest BCUT2D eigenvalue weighted by atomic mass is 10.2. The van der Waals surface area contributed by atoms with Crippen molar-refractivity contribution >= 4 is 17.7 Å². The molecule has 0 amide bonds. The van der Waals surface area contributed by atoms with Gasteiger partial charge in [-0.1, -0.05) is 0 Å². The molecule has 2 nitrogen and oxygen atoms in total. The highest BCUT2D eigenvalue weighted by molar-refractivity contribution is 8.01. The second-order valence-electron chi connectivity index (χ2n) is 3.91. The summed E-state index contributed by atoms with van der Waals surface area (Å²) in [5.74, 6) is -1.53. The predicted molar refractivity (Wildman–Crippen MR) is 62.9 cm³/mol. The number of thioether (sulfide) groups is 1. The lowest BCUT2D eigenvalue weighted by molar-refractivity contribution is -0.145. The third kappa shape index (κ3) is 3.70. The van der Waals surface area contributed by atoms with Crippen molar-refractivity contribution in [3.63, 3.8) is 0 Å². The van der Waals surface area contributed by atoms with Crippen LogP contribution in [-0.2, 0) is 9.53 Å². The number of rotatable bonds is 4. The van der Waals surface area contributed by atoms with Crippen molar-refractivity contribution in [2.75, 3.05) is 6.61 Å². The van der Waals surface area contributed by atoms with Crippen LogP contribution in [0.5, 0.6) is 0 Å². The molecule has 1 rings (SSSR count). The van der Waals surface area contributed by atoms with Crippen LogP contribution < -0.4 is 0 Å². The van der Waals surface area contributed by atoms with Crippen molar-refractivity contribution in [3.8, 4) is 0 Å². The maximum atomic E-state index is 13.4. The van der Waals surface area contributed by atoms with E-state index in [9.17, 15) is 13.6 Å². The van der Waals surface area contributed by atoms with Gasteiger partial charge in [-0.25, -0.2) is 8.78 Å². The molecule has 0 aromatic heterocycles. The van der Waals surface area contributed by atoms with E-state index < -0.39 is 22.4 Å². The summed E-state index contributed by atoms with van der Waals surface area (Å²) in [7, 11) is 0. The number of benzene rings is 1. The highest BCUT2D eigenvalue weighted by atomic mass is 32.2. The Morgan fingerprint density at radius 1 is 1.41 bits per heavy atom. The Morgan fingerprint density at radius 2 is 2.06 bits per heavy atom. The van der Waals surface area contributed by atoms with Crippen LogP contribution in [0, 0.1) is 11.6 Å². The molecule has 0 radical (unpaired) electrons. The summed E-state index contributed by atoms with van der Waals surface area (Å²) in [5, 5.41) is 0. The van der Waals surface area contributed by atoms with Gasteiger partial charge in [-0.15, -0.1) is 11.8 Å². The van der Waals surface area contributed by atoms with Crippen LogP contribution in [0.3, 0.4) is 0 Å². The summed E-state index contributed by atoms with van der Waals surface area (Å²) < 4.78 is 30.3. The van der Waals surface area contributed by atoms with Crippen molar-refractivity contribution in [2.24, 2.45) is 0 Å². The number of ether oxygens (including phenoxy) is 1. The fourth-order valence-corrected chi connectivity index (χ4v) is 2.21. The number of halogens is 2. The Kier molecular flexibility index (Phi) is 4.51. The Balaban J connectivity index is 2.89. The molecule has 0 saturated carbocycles. The number of hydrogen-bond acceptors (Lipinski definition) is 3. The van der Waals surface area contributed by atoms with Gasteiger partial charge in [0.2, 0.25) is 0 Å². The zero-order chi connectivity index (χ0) is 13.1. The van der Waals surface area contributed by atoms with Gasteiger partial charge in [-0.2, -0.15) is 0 Å². The van der Waals surface area contributed by atoms with Crippen LogP contribution in [0.25, 0.3) is 0 Å². The van der Waals surface area contributed by atoms with Crippen molar-refractivity contribution in [2.45, 2.75) is 30.4 Å². The molecule has 0 fully saturated rings.